The van der Waals surface area contributed by atoms with Gasteiger partial charge in [0.25, 0.3) is 0 Å². The molecule has 1 aromatic carbocycles. The number of aromatic hydroxyl groups is 1. The zero-order valence-corrected chi connectivity index (χ0v) is 28.8. The molecule has 0 aliphatic heterocycles. The van der Waals surface area contributed by atoms with E-state index < -0.39 is 0 Å². The Morgan fingerprint density at radius 1 is 0.977 bits per heavy atom. The lowest BCUT2D eigenvalue weighted by Crippen LogP contribution is -2.58. The molecule has 5 saturated carbocycles. The lowest BCUT2D eigenvalue weighted by Gasteiger charge is -2.63. The Hall–Kier alpha value is -2.23. The quantitative estimate of drug-likeness (QED) is 0.183. The first-order chi connectivity index (χ1) is 20.7. The van der Waals surface area contributed by atoms with Crippen LogP contribution in [0.4, 0.5) is 0 Å². The number of carbonyl (C=O) groups is 1. The highest BCUT2D eigenvalue weighted by molar-refractivity contribution is 5.87. The molecule has 0 heterocycles. The number of phenolic OH excluding ortho intramolecular Hbond substituents is 1. The highest BCUT2D eigenvalue weighted by Gasteiger charge is 2.82. The summed E-state index contributed by atoms with van der Waals surface area (Å²) in [6.45, 7) is 17.2. The van der Waals surface area contributed by atoms with E-state index in [0.717, 1.165) is 29.7 Å². The Labute approximate surface area is 267 Å². The van der Waals surface area contributed by atoms with Crippen LogP contribution in [0.3, 0.4) is 0 Å². The van der Waals surface area contributed by atoms with E-state index in [1.54, 1.807) is 24.3 Å². The van der Waals surface area contributed by atoms with Crippen molar-refractivity contribution in [2.75, 3.05) is 7.11 Å². The molecule has 4 heteroatoms. The van der Waals surface area contributed by atoms with Crippen LogP contribution >= 0.6 is 0 Å². The number of hydrogen-bond acceptors (Lipinski definition) is 4. The molecule has 5 fully saturated rings. The lowest BCUT2D eigenvalue weighted by molar-refractivity contribution is -0.179. The van der Waals surface area contributed by atoms with Crippen LogP contribution in [-0.2, 0) is 9.53 Å². The summed E-state index contributed by atoms with van der Waals surface area (Å²) in [7, 11) is 1.53. The van der Waals surface area contributed by atoms with Gasteiger partial charge in [-0.25, -0.2) is 4.79 Å². The molecule has 1 N–H and O–H groups in total. The smallest absolute Gasteiger partial charge is 0.331 e. The average molecular weight is 603 g/mol. The zero-order chi connectivity index (χ0) is 31.7. The van der Waals surface area contributed by atoms with Gasteiger partial charge in [0.1, 0.15) is 6.10 Å². The van der Waals surface area contributed by atoms with Crippen molar-refractivity contribution in [2.45, 2.75) is 125 Å². The van der Waals surface area contributed by atoms with Gasteiger partial charge in [-0.2, -0.15) is 0 Å². The molecule has 0 amide bonds. The van der Waals surface area contributed by atoms with E-state index in [2.05, 4.69) is 54.5 Å². The molecule has 0 saturated heterocycles. The summed E-state index contributed by atoms with van der Waals surface area (Å²) in [5.74, 6) is 3.33. The largest absolute Gasteiger partial charge is 0.504 e. The summed E-state index contributed by atoms with van der Waals surface area (Å²) in [6, 6.07) is 5.09. The number of hydrogen-bond donors (Lipinski definition) is 1. The number of benzene rings is 1. The summed E-state index contributed by atoms with van der Waals surface area (Å²) in [5.41, 5.74) is 4.08. The Morgan fingerprint density at radius 2 is 1.70 bits per heavy atom. The van der Waals surface area contributed by atoms with Crippen LogP contribution in [0.2, 0.25) is 0 Å². The van der Waals surface area contributed by atoms with Crippen molar-refractivity contribution in [2.24, 2.45) is 50.7 Å². The molecule has 6 rings (SSSR count). The van der Waals surface area contributed by atoms with Crippen LogP contribution in [0.5, 0.6) is 11.5 Å². The molecular weight excluding hydrogens is 544 g/mol. The fraction of sp³-hybridized carbons (Fsp3) is 0.725. The second-order valence-corrected chi connectivity index (χ2v) is 17.0. The van der Waals surface area contributed by atoms with Crippen molar-refractivity contribution in [3.05, 3.63) is 41.5 Å². The highest BCUT2D eigenvalue weighted by Crippen LogP contribution is 2.89. The van der Waals surface area contributed by atoms with E-state index >= 15 is 0 Å². The van der Waals surface area contributed by atoms with E-state index in [0.29, 0.717) is 33.3 Å². The van der Waals surface area contributed by atoms with E-state index in [1.807, 2.05) is 0 Å². The van der Waals surface area contributed by atoms with Crippen molar-refractivity contribution in [1.82, 2.24) is 0 Å². The maximum absolute atomic E-state index is 13.1. The number of allylic oxidation sites excluding steroid dienone is 2. The summed E-state index contributed by atoms with van der Waals surface area (Å²) >= 11 is 0. The topological polar surface area (TPSA) is 55.8 Å². The van der Waals surface area contributed by atoms with Gasteiger partial charge in [-0.05, 0) is 154 Å². The molecule has 0 aromatic heterocycles. The third kappa shape index (κ3) is 4.62. The molecule has 5 aliphatic rings. The van der Waals surface area contributed by atoms with Crippen LogP contribution < -0.4 is 4.74 Å². The van der Waals surface area contributed by atoms with Gasteiger partial charge in [-0.3, -0.25) is 0 Å². The van der Waals surface area contributed by atoms with Crippen LogP contribution in [0.25, 0.3) is 6.08 Å². The second kappa shape index (κ2) is 10.9. The minimum absolute atomic E-state index is 0.0305. The molecule has 1 unspecified atom stereocenters. The van der Waals surface area contributed by atoms with Crippen LogP contribution in [-0.4, -0.2) is 24.3 Å². The van der Waals surface area contributed by atoms with Gasteiger partial charge < -0.3 is 14.6 Å². The molecule has 2 spiro atoms. The highest BCUT2D eigenvalue weighted by atomic mass is 16.5. The monoisotopic (exact) mass is 602 g/mol. The van der Waals surface area contributed by atoms with Crippen LogP contribution in [0, 0.1) is 50.7 Å². The van der Waals surface area contributed by atoms with Crippen molar-refractivity contribution < 1.29 is 19.4 Å². The molecule has 1 aromatic rings. The molecule has 4 nitrogen and oxygen atoms in total. The number of ether oxygens (including phenoxy) is 2. The van der Waals surface area contributed by atoms with Crippen molar-refractivity contribution in [1.29, 1.82) is 0 Å². The average Bonchev–Trinajstić information content (AvgIpc) is 3.55. The minimum atomic E-state index is -0.276. The van der Waals surface area contributed by atoms with Crippen molar-refractivity contribution >= 4 is 12.0 Å². The van der Waals surface area contributed by atoms with E-state index in [1.165, 1.54) is 83.0 Å². The van der Waals surface area contributed by atoms with Gasteiger partial charge >= 0.3 is 5.97 Å². The van der Waals surface area contributed by atoms with Crippen LogP contribution in [0.1, 0.15) is 125 Å². The summed E-state index contributed by atoms with van der Waals surface area (Å²) < 4.78 is 11.4. The first-order valence-electron chi connectivity index (χ1n) is 17.6. The molecule has 242 valence electrons. The first-order valence-corrected chi connectivity index (χ1v) is 17.6. The van der Waals surface area contributed by atoms with E-state index in [4.69, 9.17) is 9.47 Å². The maximum Gasteiger partial charge on any atom is 0.331 e. The SMILES string of the molecule is COc1cc(/C=C/C(=O)O[C@H]2CC[C@]34C[C@]35CC[C@]3(C)[C@@H](C(C)CCC=C(C)C)CC[C@@]3(C)[C@H]5CC[C@H]4C2(C)C)ccc1O. The van der Waals surface area contributed by atoms with E-state index in [-0.39, 0.29) is 23.2 Å². The Bertz CT molecular complexity index is 1340. The summed E-state index contributed by atoms with van der Waals surface area (Å²) in [4.78, 5) is 13.1. The Balaban J connectivity index is 1.15. The fourth-order valence-electron chi connectivity index (χ4n) is 12.5. The third-order valence-corrected chi connectivity index (χ3v) is 14.8. The van der Waals surface area contributed by atoms with Gasteiger partial charge in [0.05, 0.1) is 7.11 Å². The number of fused-ring (bicyclic) bond motifs is 2. The predicted octanol–water partition coefficient (Wildman–Crippen LogP) is 10.1. The Kier molecular flexibility index (Phi) is 7.89. The maximum atomic E-state index is 13.1. The van der Waals surface area contributed by atoms with Crippen molar-refractivity contribution in [3.63, 3.8) is 0 Å². The number of methoxy groups -OCH3 is 1. The standard InChI is InChI=1S/C40H58O4/c1-26(2)10-9-11-27(3)29-18-20-38(7)33-16-15-32-36(4,5)34(19-21-39(32)25-40(33,39)23-22-37(29,38)6)44-35(42)17-13-28-12-14-30(41)31(24-28)43-8/h10,12-14,17,24,27,29,32-34,41H,9,11,15-16,18-23,25H2,1-8H3/b17-13+/t27?,29-,32+,33-,34+,37-,38+,39-,40+/m1/s1. The van der Waals surface area contributed by atoms with Crippen LogP contribution in [0.15, 0.2) is 35.9 Å². The predicted molar refractivity (Wildman–Crippen MR) is 178 cm³/mol. The lowest BCUT2D eigenvalue weighted by atomic mass is 9.41. The second-order valence-electron chi connectivity index (χ2n) is 17.0. The number of esters is 1. The molecule has 9 atom stereocenters. The first kappa shape index (κ1) is 31.7. The van der Waals surface area contributed by atoms with Crippen molar-refractivity contribution in [3.8, 4) is 11.5 Å². The van der Waals surface area contributed by atoms with E-state index in [9.17, 15) is 9.90 Å². The number of carbonyl (C=O) groups excluding carboxylic acids is 1. The minimum Gasteiger partial charge on any atom is -0.504 e. The summed E-state index contributed by atoms with van der Waals surface area (Å²) in [6.07, 6.45) is 20.1. The molecule has 44 heavy (non-hydrogen) atoms. The molecule has 5 aliphatic carbocycles. The molecule has 0 bridgehead atoms. The van der Waals surface area contributed by atoms with Gasteiger partial charge in [0.15, 0.2) is 11.5 Å². The Morgan fingerprint density at radius 3 is 2.43 bits per heavy atom. The van der Waals surface area contributed by atoms with Gasteiger partial charge in [-0.15, -0.1) is 0 Å². The van der Waals surface area contributed by atoms with Gasteiger partial charge in [0.2, 0.25) is 0 Å². The third-order valence-electron chi connectivity index (χ3n) is 14.8. The zero-order valence-electron chi connectivity index (χ0n) is 28.8. The number of rotatable bonds is 8. The number of phenols is 1. The van der Waals surface area contributed by atoms with Gasteiger partial charge in [0, 0.05) is 11.5 Å². The fourth-order valence-corrected chi connectivity index (χ4v) is 12.5. The van der Waals surface area contributed by atoms with Gasteiger partial charge in [-0.1, -0.05) is 52.3 Å². The normalized spacial score (nSPS) is 40.6. The molecular formula is C40H58O4. The molecule has 0 radical (unpaired) electrons. The summed E-state index contributed by atoms with van der Waals surface area (Å²) in [5, 5.41) is 9.88.